The van der Waals surface area contributed by atoms with Crippen molar-refractivity contribution in [3.8, 4) is 0 Å². The summed E-state index contributed by atoms with van der Waals surface area (Å²) < 4.78 is 5.75. The first-order valence-electron chi connectivity index (χ1n) is 12.1. The number of ketones is 1. The lowest BCUT2D eigenvalue weighted by Crippen LogP contribution is -2.36. The lowest BCUT2D eigenvalue weighted by molar-refractivity contribution is -0.144. The van der Waals surface area contributed by atoms with Crippen LogP contribution in [0.5, 0.6) is 0 Å². The maximum absolute atomic E-state index is 13.6. The van der Waals surface area contributed by atoms with E-state index in [1.807, 2.05) is 82.2 Å². The monoisotopic (exact) mass is 458 g/mol. The van der Waals surface area contributed by atoms with Gasteiger partial charge in [0.25, 0.3) is 0 Å². The molecule has 0 radical (unpaired) electrons. The molecule has 0 aromatic heterocycles. The fourth-order valence-electron chi connectivity index (χ4n) is 4.90. The van der Waals surface area contributed by atoms with E-state index < -0.39 is 5.92 Å². The molecule has 2 aromatic rings. The Morgan fingerprint density at radius 3 is 2.35 bits per heavy atom. The van der Waals surface area contributed by atoms with Crippen LogP contribution in [-0.2, 0) is 14.3 Å². The summed E-state index contributed by atoms with van der Waals surface area (Å²) in [6.45, 7) is 5.80. The van der Waals surface area contributed by atoms with Crippen molar-refractivity contribution in [2.45, 2.75) is 58.0 Å². The third kappa shape index (κ3) is 4.65. The topological polar surface area (TPSA) is 58.6 Å². The molecule has 0 fully saturated rings. The van der Waals surface area contributed by atoms with Crippen molar-refractivity contribution in [2.24, 2.45) is 0 Å². The molecule has 1 aliphatic carbocycles. The van der Waals surface area contributed by atoms with Gasteiger partial charge in [0.2, 0.25) is 0 Å². The molecule has 1 aliphatic heterocycles. The second-order valence-corrected chi connectivity index (χ2v) is 9.54. The average molecular weight is 459 g/mol. The third-order valence-corrected chi connectivity index (χ3v) is 6.94. The molecule has 5 heteroatoms. The maximum Gasteiger partial charge on any atom is 0.337 e. The second kappa shape index (κ2) is 9.88. The quantitative estimate of drug-likeness (QED) is 0.583. The minimum Gasteiger partial charge on any atom is -0.459 e. The van der Waals surface area contributed by atoms with E-state index in [1.165, 1.54) is 5.56 Å². The van der Waals surface area contributed by atoms with Gasteiger partial charge in [-0.3, -0.25) is 4.79 Å². The van der Waals surface area contributed by atoms with Crippen LogP contribution in [-0.4, -0.2) is 32.0 Å². The first-order chi connectivity index (χ1) is 16.3. The van der Waals surface area contributed by atoms with E-state index in [0.717, 1.165) is 35.5 Å². The van der Waals surface area contributed by atoms with E-state index in [1.54, 1.807) is 0 Å². The number of ether oxygens (including phenoxy) is 1. The second-order valence-electron chi connectivity index (χ2n) is 9.54. The molecule has 2 aromatic carbocycles. The van der Waals surface area contributed by atoms with Gasteiger partial charge in [0.15, 0.2) is 5.78 Å². The molecule has 0 amide bonds. The van der Waals surface area contributed by atoms with Crippen molar-refractivity contribution in [3.63, 3.8) is 0 Å². The Balaban J connectivity index is 1.78. The van der Waals surface area contributed by atoms with Crippen LogP contribution in [0, 0.1) is 0 Å². The molecule has 0 spiro atoms. The van der Waals surface area contributed by atoms with Gasteiger partial charge < -0.3 is 15.0 Å². The van der Waals surface area contributed by atoms with Crippen LogP contribution < -0.4 is 10.2 Å². The zero-order valence-electron chi connectivity index (χ0n) is 20.7. The molecule has 34 heavy (non-hydrogen) atoms. The van der Waals surface area contributed by atoms with Crippen LogP contribution in [0.4, 0.5) is 5.69 Å². The average Bonchev–Trinajstić information content (AvgIpc) is 2.83. The van der Waals surface area contributed by atoms with E-state index in [4.69, 9.17) is 4.74 Å². The zero-order chi connectivity index (χ0) is 24.4. The molecule has 3 atom stereocenters. The van der Waals surface area contributed by atoms with E-state index in [9.17, 15) is 9.59 Å². The van der Waals surface area contributed by atoms with Crippen LogP contribution in [0.2, 0.25) is 0 Å². The van der Waals surface area contributed by atoms with Crippen molar-refractivity contribution >= 4 is 17.4 Å². The van der Waals surface area contributed by atoms with Gasteiger partial charge in [0.1, 0.15) is 0 Å². The summed E-state index contributed by atoms with van der Waals surface area (Å²) in [6.07, 6.45) is 1.72. The highest BCUT2D eigenvalue weighted by atomic mass is 16.5. The van der Waals surface area contributed by atoms with Gasteiger partial charge >= 0.3 is 5.97 Å². The maximum atomic E-state index is 13.6. The van der Waals surface area contributed by atoms with Gasteiger partial charge in [-0.2, -0.15) is 0 Å². The summed E-state index contributed by atoms with van der Waals surface area (Å²) in [5.41, 5.74) is 6.07. The van der Waals surface area contributed by atoms with Gasteiger partial charge in [-0.1, -0.05) is 49.4 Å². The van der Waals surface area contributed by atoms with E-state index in [0.29, 0.717) is 17.6 Å². The van der Waals surface area contributed by atoms with Crippen molar-refractivity contribution in [1.29, 1.82) is 0 Å². The molecule has 0 bridgehead atoms. The van der Waals surface area contributed by atoms with Crippen molar-refractivity contribution in [2.75, 3.05) is 19.0 Å². The minimum absolute atomic E-state index is 0.0885. The molecule has 0 saturated carbocycles. The number of esters is 1. The summed E-state index contributed by atoms with van der Waals surface area (Å²) >= 11 is 0. The number of rotatable bonds is 6. The molecule has 1 heterocycles. The standard InChI is InChI=1S/C29H34N2O3/c1-6-18(2)34-29(33)26-19(3)30-24-16-22(20-10-8-7-9-11-20)17-25(32)28(24)27(26)21-12-14-23(15-13-21)31(4)5/h7-15,18,22,27,30H,6,16-17H2,1-5H3. The molecule has 4 rings (SSSR count). The van der Waals surface area contributed by atoms with Crippen LogP contribution in [0.1, 0.15) is 63.0 Å². The summed E-state index contributed by atoms with van der Waals surface area (Å²) in [5.74, 6) is -0.581. The van der Waals surface area contributed by atoms with Crippen LogP contribution >= 0.6 is 0 Å². The van der Waals surface area contributed by atoms with Crippen LogP contribution in [0.15, 0.2) is 77.1 Å². The predicted molar refractivity (Wildman–Crippen MR) is 136 cm³/mol. The molecular formula is C29H34N2O3. The highest BCUT2D eigenvalue weighted by Crippen LogP contribution is 2.46. The third-order valence-electron chi connectivity index (χ3n) is 6.94. The fraction of sp³-hybridized carbons (Fsp3) is 0.379. The smallest absolute Gasteiger partial charge is 0.337 e. The number of carbonyl (C=O) groups excluding carboxylic acids is 2. The SMILES string of the molecule is CCC(C)OC(=O)C1=C(C)NC2=C(C(=O)CC(c3ccccc3)C2)C1c1ccc(N(C)C)cc1. The van der Waals surface area contributed by atoms with Gasteiger partial charge in [0, 0.05) is 49.1 Å². The Kier molecular flexibility index (Phi) is 6.92. The Labute approximate surface area is 202 Å². The van der Waals surface area contributed by atoms with Gasteiger partial charge in [-0.15, -0.1) is 0 Å². The number of dihydropyridines is 1. The molecule has 2 aliphatic rings. The van der Waals surface area contributed by atoms with Crippen molar-refractivity contribution in [1.82, 2.24) is 5.32 Å². The number of carbonyl (C=O) groups is 2. The number of benzene rings is 2. The number of nitrogens with zero attached hydrogens (tertiary/aromatic N) is 1. The van der Waals surface area contributed by atoms with Gasteiger partial charge in [-0.25, -0.2) is 4.79 Å². The number of hydrogen-bond acceptors (Lipinski definition) is 5. The Bertz CT molecular complexity index is 1130. The number of hydrogen-bond donors (Lipinski definition) is 1. The first-order valence-corrected chi connectivity index (χ1v) is 12.1. The molecule has 3 unspecified atom stereocenters. The highest BCUT2D eigenvalue weighted by Gasteiger charge is 2.41. The zero-order valence-corrected chi connectivity index (χ0v) is 20.7. The normalized spacial score (nSPS) is 21.0. The van der Waals surface area contributed by atoms with E-state index >= 15 is 0 Å². The number of anilines is 1. The number of Topliss-reactive ketones (excluding diaryl/α,β-unsaturated/α-hetero) is 1. The first kappa shape index (κ1) is 23.8. The van der Waals surface area contributed by atoms with Crippen molar-refractivity contribution in [3.05, 3.63) is 88.3 Å². The number of allylic oxidation sites excluding steroid dienone is 3. The Morgan fingerprint density at radius 2 is 1.74 bits per heavy atom. The molecule has 1 N–H and O–H groups in total. The number of nitrogens with one attached hydrogen (secondary N) is 1. The molecular weight excluding hydrogens is 424 g/mol. The lowest BCUT2D eigenvalue weighted by atomic mass is 9.71. The lowest BCUT2D eigenvalue weighted by Gasteiger charge is -2.37. The molecule has 5 nitrogen and oxygen atoms in total. The fourth-order valence-corrected chi connectivity index (χ4v) is 4.90. The summed E-state index contributed by atoms with van der Waals surface area (Å²) in [7, 11) is 3.99. The summed E-state index contributed by atoms with van der Waals surface area (Å²) in [5, 5.41) is 3.43. The largest absolute Gasteiger partial charge is 0.459 e. The van der Waals surface area contributed by atoms with Gasteiger partial charge in [0.05, 0.1) is 11.7 Å². The predicted octanol–water partition coefficient (Wildman–Crippen LogP) is 5.46. The molecule has 0 saturated heterocycles. The Hall–Kier alpha value is -3.34. The minimum atomic E-state index is -0.437. The van der Waals surface area contributed by atoms with Crippen LogP contribution in [0.3, 0.4) is 0 Å². The van der Waals surface area contributed by atoms with E-state index in [2.05, 4.69) is 17.4 Å². The summed E-state index contributed by atoms with van der Waals surface area (Å²) in [4.78, 5) is 29.0. The van der Waals surface area contributed by atoms with Crippen molar-refractivity contribution < 1.29 is 14.3 Å². The summed E-state index contributed by atoms with van der Waals surface area (Å²) in [6, 6.07) is 18.3. The van der Waals surface area contributed by atoms with Gasteiger partial charge in [-0.05, 0) is 55.9 Å². The highest BCUT2D eigenvalue weighted by molar-refractivity contribution is 6.04. The molecule has 178 valence electrons. The Morgan fingerprint density at radius 1 is 1.06 bits per heavy atom. The van der Waals surface area contributed by atoms with E-state index in [-0.39, 0.29) is 23.8 Å². The van der Waals surface area contributed by atoms with Crippen LogP contribution in [0.25, 0.3) is 0 Å².